The van der Waals surface area contributed by atoms with Crippen molar-refractivity contribution in [1.82, 2.24) is 4.98 Å². The summed E-state index contributed by atoms with van der Waals surface area (Å²) >= 11 is 0. The molecule has 90 valence electrons. The summed E-state index contributed by atoms with van der Waals surface area (Å²) in [6.45, 7) is 6.65. The zero-order chi connectivity index (χ0) is 13.7. The summed E-state index contributed by atoms with van der Waals surface area (Å²) in [5.74, 6) is -0.168. The van der Waals surface area contributed by atoms with E-state index in [-0.39, 0.29) is 5.57 Å². The number of nitrogens with zero attached hydrogens (tertiary/aromatic N) is 2. The molecule has 0 spiro atoms. The smallest absolute Gasteiger partial charge is 0.308 e. The third-order valence-electron chi connectivity index (χ3n) is 2.24. The molecule has 18 heavy (non-hydrogen) atoms. The minimum absolute atomic E-state index is 0.0831. The molecule has 0 atom stereocenters. The number of allylic oxidation sites excluding steroid dienone is 1. The number of carbonyl (C=O) groups excluding carboxylic acids is 1. The van der Waals surface area contributed by atoms with Gasteiger partial charge in [0, 0.05) is 18.2 Å². The Morgan fingerprint density at radius 2 is 2.00 bits per heavy atom. The Labute approximate surface area is 105 Å². The number of rotatable bonds is 3. The van der Waals surface area contributed by atoms with Crippen molar-refractivity contribution in [2.24, 2.45) is 0 Å². The molecule has 0 unspecified atom stereocenters. The molecule has 0 saturated heterocycles. The van der Waals surface area contributed by atoms with Gasteiger partial charge in [-0.05, 0) is 19.1 Å². The van der Waals surface area contributed by atoms with Crippen LogP contribution in [-0.2, 0) is 4.79 Å². The average molecular weight is 241 g/mol. The molecule has 1 rings (SSSR count). The quantitative estimate of drug-likeness (QED) is 0.649. The molecule has 0 amide bonds. The fraction of sp³-hybridized carbons (Fsp3) is 0.154. The second-order valence-electron chi connectivity index (χ2n) is 3.49. The fourth-order valence-electron chi connectivity index (χ4n) is 1.43. The first kappa shape index (κ1) is 13.3. The van der Waals surface area contributed by atoms with Gasteiger partial charge in [0.1, 0.15) is 17.7 Å². The standard InChI is InChI=1S/C13H11N3O2/c1-4-11-8(2)13(18-9(3)17)12(16-11)5-10(6-14)7-15/h4-5,16H,1H2,2-3H3. The molecule has 0 aromatic carbocycles. The molecule has 1 aromatic heterocycles. The molecular weight excluding hydrogens is 230 g/mol. The number of esters is 1. The summed E-state index contributed by atoms with van der Waals surface area (Å²) in [5, 5.41) is 17.4. The van der Waals surface area contributed by atoms with Gasteiger partial charge in [0.15, 0.2) is 5.75 Å². The largest absolute Gasteiger partial charge is 0.424 e. The third kappa shape index (κ3) is 2.66. The lowest BCUT2D eigenvalue weighted by Crippen LogP contribution is -2.02. The highest BCUT2D eigenvalue weighted by molar-refractivity contribution is 5.75. The van der Waals surface area contributed by atoms with Crippen LogP contribution in [0.5, 0.6) is 5.75 Å². The number of H-pyrrole nitrogens is 1. The second kappa shape index (κ2) is 5.51. The number of hydrogen-bond donors (Lipinski definition) is 1. The molecule has 5 nitrogen and oxygen atoms in total. The van der Waals surface area contributed by atoms with Gasteiger partial charge in [-0.25, -0.2) is 0 Å². The normalized spacial score (nSPS) is 8.89. The molecule has 0 aliphatic carbocycles. The first-order valence-corrected chi connectivity index (χ1v) is 5.08. The fourth-order valence-corrected chi connectivity index (χ4v) is 1.43. The molecular formula is C13H11N3O2. The van der Waals surface area contributed by atoms with E-state index < -0.39 is 5.97 Å². The number of hydrogen-bond acceptors (Lipinski definition) is 4. The summed E-state index contributed by atoms with van der Waals surface area (Å²) in [4.78, 5) is 14.0. The number of aromatic amines is 1. The van der Waals surface area contributed by atoms with Crippen molar-refractivity contribution >= 4 is 18.1 Å². The zero-order valence-corrected chi connectivity index (χ0v) is 10.1. The number of aromatic nitrogens is 1. The predicted octanol–water partition coefficient (Wildman–Crippen LogP) is 2.32. The van der Waals surface area contributed by atoms with Gasteiger partial charge in [0.05, 0.1) is 5.69 Å². The first-order chi connectivity index (χ1) is 8.53. The number of ether oxygens (including phenoxy) is 1. The van der Waals surface area contributed by atoms with Crippen molar-refractivity contribution < 1.29 is 9.53 Å². The number of carbonyl (C=O) groups is 1. The molecule has 0 aliphatic heterocycles. The van der Waals surface area contributed by atoms with Crippen LogP contribution < -0.4 is 4.74 Å². The van der Waals surface area contributed by atoms with Crippen LogP contribution in [0.1, 0.15) is 23.9 Å². The van der Waals surface area contributed by atoms with E-state index in [1.807, 2.05) is 0 Å². The van der Waals surface area contributed by atoms with Gasteiger partial charge < -0.3 is 9.72 Å². The van der Waals surface area contributed by atoms with E-state index in [4.69, 9.17) is 15.3 Å². The highest BCUT2D eigenvalue weighted by Gasteiger charge is 2.15. The molecule has 0 bridgehead atoms. The summed E-state index contributed by atoms with van der Waals surface area (Å²) in [7, 11) is 0. The van der Waals surface area contributed by atoms with Crippen LogP contribution in [0.2, 0.25) is 0 Å². The van der Waals surface area contributed by atoms with Crippen molar-refractivity contribution in [1.29, 1.82) is 10.5 Å². The van der Waals surface area contributed by atoms with Gasteiger partial charge in [0.2, 0.25) is 0 Å². The molecule has 1 aromatic rings. The van der Waals surface area contributed by atoms with Gasteiger partial charge in [-0.1, -0.05) is 6.58 Å². The lowest BCUT2D eigenvalue weighted by Gasteiger charge is -2.01. The molecule has 0 radical (unpaired) electrons. The second-order valence-corrected chi connectivity index (χ2v) is 3.49. The molecule has 1 heterocycles. The van der Waals surface area contributed by atoms with Gasteiger partial charge in [-0.15, -0.1) is 0 Å². The predicted molar refractivity (Wildman–Crippen MR) is 66.1 cm³/mol. The van der Waals surface area contributed by atoms with Crippen LogP contribution in [0.15, 0.2) is 12.2 Å². The first-order valence-electron chi connectivity index (χ1n) is 5.08. The van der Waals surface area contributed by atoms with E-state index in [1.54, 1.807) is 25.1 Å². The van der Waals surface area contributed by atoms with Crippen LogP contribution in [0.4, 0.5) is 0 Å². The van der Waals surface area contributed by atoms with Gasteiger partial charge >= 0.3 is 5.97 Å². The van der Waals surface area contributed by atoms with E-state index in [1.165, 1.54) is 13.0 Å². The van der Waals surface area contributed by atoms with Crippen LogP contribution in [0.3, 0.4) is 0 Å². The Balaban J connectivity index is 3.40. The summed E-state index contributed by atoms with van der Waals surface area (Å²) < 4.78 is 5.07. The molecule has 5 heteroatoms. The van der Waals surface area contributed by atoms with Crippen molar-refractivity contribution in [3.63, 3.8) is 0 Å². The van der Waals surface area contributed by atoms with E-state index in [9.17, 15) is 4.79 Å². The number of nitrogens with one attached hydrogen (secondary N) is 1. The Kier molecular flexibility index (Phi) is 4.07. The maximum Gasteiger partial charge on any atom is 0.308 e. The van der Waals surface area contributed by atoms with E-state index in [0.29, 0.717) is 22.7 Å². The van der Waals surface area contributed by atoms with Crippen LogP contribution in [-0.4, -0.2) is 11.0 Å². The van der Waals surface area contributed by atoms with Crippen LogP contribution in [0.25, 0.3) is 12.2 Å². The SMILES string of the molecule is C=Cc1[nH]c(C=C(C#N)C#N)c(OC(C)=O)c1C. The lowest BCUT2D eigenvalue weighted by atomic mass is 10.2. The molecule has 0 fully saturated rings. The summed E-state index contributed by atoms with van der Waals surface area (Å²) in [5.41, 5.74) is 1.69. The third-order valence-corrected chi connectivity index (χ3v) is 2.24. The minimum Gasteiger partial charge on any atom is -0.424 e. The van der Waals surface area contributed by atoms with E-state index in [2.05, 4.69) is 11.6 Å². The van der Waals surface area contributed by atoms with Crippen molar-refractivity contribution in [2.75, 3.05) is 0 Å². The Hall–Kier alpha value is -2.79. The zero-order valence-electron chi connectivity index (χ0n) is 10.1. The molecule has 1 N–H and O–H groups in total. The maximum absolute atomic E-state index is 11.0. The maximum atomic E-state index is 11.0. The molecule has 0 saturated carbocycles. The van der Waals surface area contributed by atoms with Gasteiger partial charge in [-0.3, -0.25) is 4.79 Å². The topological polar surface area (TPSA) is 89.7 Å². The van der Waals surface area contributed by atoms with Crippen LogP contribution >= 0.6 is 0 Å². The Bertz CT molecular complexity index is 593. The van der Waals surface area contributed by atoms with Crippen LogP contribution in [0, 0.1) is 29.6 Å². The number of nitriles is 2. The van der Waals surface area contributed by atoms with Gasteiger partial charge in [0.25, 0.3) is 0 Å². The van der Waals surface area contributed by atoms with Crippen molar-refractivity contribution in [2.45, 2.75) is 13.8 Å². The highest BCUT2D eigenvalue weighted by atomic mass is 16.5. The minimum atomic E-state index is -0.474. The van der Waals surface area contributed by atoms with Crippen molar-refractivity contribution in [3.05, 3.63) is 29.1 Å². The summed E-state index contributed by atoms with van der Waals surface area (Å²) in [6.07, 6.45) is 2.90. The van der Waals surface area contributed by atoms with E-state index in [0.717, 1.165) is 0 Å². The highest BCUT2D eigenvalue weighted by Crippen LogP contribution is 2.29. The average Bonchev–Trinajstić information content (AvgIpc) is 2.63. The Morgan fingerprint density at radius 1 is 1.39 bits per heavy atom. The lowest BCUT2D eigenvalue weighted by molar-refractivity contribution is -0.131. The molecule has 0 aliphatic rings. The van der Waals surface area contributed by atoms with E-state index >= 15 is 0 Å². The van der Waals surface area contributed by atoms with Gasteiger partial charge in [-0.2, -0.15) is 10.5 Å². The Morgan fingerprint density at radius 3 is 2.44 bits per heavy atom. The summed E-state index contributed by atoms with van der Waals surface area (Å²) in [6, 6.07) is 3.48. The van der Waals surface area contributed by atoms with Crippen molar-refractivity contribution in [3.8, 4) is 17.9 Å². The monoisotopic (exact) mass is 241 g/mol.